The van der Waals surface area contributed by atoms with Gasteiger partial charge in [-0.1, -0.05) is 0 Å². The Morgan fingerprint density at radius 3 is 2.76 bits per heavy atom. The average molecular weight is 536 g/mol. The second kappa shape index (κ2) is 10.6. The smallest absolute Gasteiger partial charge is 0.261 e. The minimum absolute atomic E-state index is 0.0787. The Hall–Kier alpha value is -3.13. The molecule has 0 radical (unpaired) electrons. The molecule has 1 saturated carbocycles. The lowest BCUT2D eigenvalue weighted by Gasteiger charge is -2.50. The van der Waals surface area contributed by atoms with Crippen molar-refractivity contribution in [3.63, 3.8) is 0 Å². The van der Waals surface area contributed by atoms with Crippen LogP contribution in [-0.4, -0.2) is 41.1 Å². The molecule has 0 atom stereocenters. The topological polar surface area (TPSA) is 101 Å². The van der Waals surface area contributed by atoms with Crippen LogP contribution in [0.4, 0.5) is 10.1 Å². The summed E-state index contributed by atoms with van der Waals surface area (Å²) in [6.07, 6.45) is 7.72. The number of piperidine rings is 1. The molecule has 3 aromatic rings. The second-order valence-corrected chi connectivity index (χ2v) is 11.6. The van der Waals surface area contributed by atoms with E-state index in [-0.39, 0.29) is 28.7 Å². The van der Waals surface area contributed by atoms with E-state index < -0.39 is 5.82 Å². The van der Waals surface area contributed by atoms with Gasteiger partial charge in [0.1, 0.15) is 17.4 Å². The van der Waals surface area contributed by atoms with Crippen LogP contribution in [0, 0.1) is 22.6 Å². The molecule has 0 bridgehead atoms. The first-order chi connectivity index (χ1) is 18.5. The largest absolute Gasteiger partial charge is 0.453 e. The maximum atomic E-state index is 14.9. The summed E-state index contributed by atoms with van der Waals surface area (Å²) in [4.78, 5) is 17.9. The Kier molecular flexibility index (Phi) is 6.99. The number of ether oxygens (including phenoxy) is 2. The van der Waals surface area contributed by atoms with Gasteiger partial charge in [-0.15, -0.1) is 0 Å². The van der Waals surface area contributed by atoms with Gasteiger partial charge in [0.25, 0.3) is 5.56 Å². The van der Waals surface area contributed by atoms with Crippen LogP contribution in [0.25, 0.3) is 10.9 Å². The third-order valence-electron chi connectivity index (χ3n) is 8.09. The van der Waals surface area contributed by atoms with Crippen molar-refractivity contribution in [1.29, 1.82) is 5.26 Å². The molecule has 1 spiro atoms. The van der Waals surface area contributed by atoms with Crippen molar-refractivity contribution in [3.8, 4) is 17.6 Å². The van der Waals surface area contributed by atoms with Gasteiger partial charge >= 0.3 is 0 Å². The number of benzene rings is 2. The lowest BCUT2D eigenvalue weighted by molar-refractivity contribution is 0.0270. The summed E-state index contributed by atoms with van der Waals surface area (Å²) in [7, 11) is 0. The minimum atomic E-state index is -0.645. The zero-order valence-corrected chi connectivity index (χ0v) is 21.9. The molecule has 3 fully saturated rings. The number of anilines is 1. The van der Waals surface area contributed by atoms with Crippen molar-refractivity contribution < 1.29 is 13.9 Å². The standard InChI is InChI=1S/C28H30FN5O3S/c29-23-2-4-25(33-38-20-5-11-36-12-6-20)22(16-30)26(23)37-19-1-3-24-21(13-19)27(35)34(17-32-24)18-14-28(15-18)7-9-31-10-8-28/h1-4,13,17-18,20,31,33H,5-12,14-15H2. The molecule has 8 nitrogen and oxygen atoms in total. The summed E-state index contributed by atoms with van der Waals surface area (Å²) >= 11 is 1.51. The number of aromatic nitrogens is 2. The number of nitrogens with zero attached hydrogens (tertiary/aromatic N) is 3. The van der Waals surface area contributed by atoms with Crippen LogP contribution in [0.15, 0.2) is 41.5 Å². The predicted octanol–water partition coefficient (Wildman–Crippen LogP) is 5.14. The van der Waals surface area contributed by atoms with E-state index in [1.807, 2.05) is 0 Å². The van der Waals surface area contributed by atoms with E-state index in [1.54, 1.807) is 35.2 Å². The summed E-state index contributed by atoms with van der Waals surface area (Å²) in [5.41, 5.74) is 1.33. The van der Waals surface area contributed by atoms with Gasteiger partial charge in [-0.05, 0) is 99.3 Å². The predicted molar refractivity (Wildman–Crippen MR) is 145 cm³/mol. The Morgan fingerprint density at radius 2 is 2.00 bits per heavy atom. The fourth-order valence-electron chi connectivity index (χ4n) is 5.85. The van der Waals surface area contributed by atoms with Gasteiger partial charge in [-0.25, -0.2) is 9.37 Å². The van der Waals surface area contributed by atoms with E-state index in [0.29, 0.717) is 40.5 Å². The highest BCUT2D eigenvalue weighted by Gasteiger charge is 2.45. The van der Waals surface area contributed by atoms with Crippen molar-refractivity contribution in [2.75, 3.05) is 31.0 Å². The maximum absolute atomic E-state index is 14.9. The van der Waals surface area contributed by atoms with E-state index in [1.165, 1.54) is 18.0 Å². The third-order valence-corrected chi connectivity index (χ3v) is 9.24. The molecule has 3 heterocycles. The van der Waals surface area contributed by atoms with Gasteiger partial charge in [0.15, 0.2) is 11.6 Å². The number of hydrogen-bond donors (Lipinski definition) is 2. The lowest BCUT2D eigenvalue weighted by atomic mass is 9.60. The minimum Gasteiger partial charge on any atom is -0.453 e. The summed E-state index contributed by atoms with van der Waals surface area (Å²) in [5, 5.41) is 14.0. The van der Waals surface area contributed by atoms with Crippen LogP contribution < -0.4 is 20.3 Å². The third kappa shape index (κ3) is 4.86. The molecular weight excluding hydrogens is 505 g/mol. The fraction of sp³-hybridized carbons (Fsp3) is 0.464. The lowest BCUT2D eigenvalue weighted by Crippen LogP contribution is -2.47. The van der Waals surface area contributed by atoms with Crippen LogP contribution in [0.1, 0.15) is 50.1 Å². The molecular formula is C28H30FN5O3S. The summed E-state index contributed by atoms with van der Waals surface area (Å²) in [5.74, 6) is -0.531. The summed E-state index contributed by atoms with van der Waals surface area (Å²) < 4.78 is 31.1. The van der Waals surface area contributed by atoms with E-state index in [0.717, 1.165) is 51.6 Å². The van der Waals surface area contributed by atoms with Crippen molar-refractivity contribution in [3.05, 3.63) is 58.4 Å². The maximum Gasteiger partial charge on any atom is 0.261 e. The zero-order chi connectivity index (χ0) is 26.1. The van der Waals surface area contributed by atoms with Gasteiger partial charge in [0.2, 0.25) is 0 Å². The Balaban J connectivity index is 1.24. The summed E-state index contributed by atoms with van der Waals surface area (Å²) in [6, 6.07) is 9.98. The molecule has 1 aromatic heterocycles. The van der Waals surface area contributed by atoms with Crippen LogP contribution in [-0.2, 0) is 4.74 Å². The van der Waals surface area contributed by atoms with E-state index in [4.69, 9.17) is 9.47 Å². The van der Waals surface area contributed by atoms with E-state index in [2.05, 4.69) is 21.1 Å². The first kappa shape index (κ1) is 25.2. The number of nitriles is 1. The first-order valence-corrected chi connectivity index (χ1v) is 14.0. The van der Waals surface area contributed by atoms with Crippen molar-refractivity contribution in [1.82, 2.24) is 14.9 Å². The van der Waals surface area contributed by atoms with E-state index in [9.17, 15) is 14.4 Å². The van der Waals surface area contributed by atoms with Crippen molar-refractivity contribution >= 4 is 28.5 Å². The van der Waals surface area contributed by atoms with Crippen LogP contribution >= 0.6 is 11.9 Å². The molecule has 2 aromatic carbocycles. The number of nitrogens with one attached hydrogen (secondary N) is 2. The fourth-order valence-corrected chi connectivity index (χ4v) is 6.74. The molecule has 1 aliphatic carbocycles. The van der Waals surface area contributed by atoms with Crippen LogP contribution in [0.3, 0.4) is 0 Å². The molecule has 10 heteroatoms. The molecule has 2 aliphatic heterocycles. The molecule has 2 N–H and O–H groups in total. The van der Waals surface area contributed by atoms with Gasteiger partial charge < -0.3 is 19.5 Å². The molecule has 6 rings (SSSR count). The quantitative estimate of drug-likeness (QED) is 0.419. The van der Waals surface area contributed by atoms with Crippen molar-refractivity contribution in [2.24, 2.45) is 5.41 Å². The van der Waals surface area contributed by atoms with Crippen LogP contribution in [0.2, 0.25) is 0 Å². The Labute approximate surface area is 224 Å². The van der Waals surface area contributed by atoms with Gasteiger partial charge in [0, 0.05) is 24.5 Å². The Morgan fingerprint density at radius 1 is 1.21 bits per heavy atom. The highest BCUT2D eigenvalue weighted by molar-refractivity contribution is 8.01. The molecule has 198 valence electrons. The van der Waals surface area contributed by atoms with Gasteiger partial charge in [-0.3, -0.25) is 9.36 Å². The number of hydrogen-bond acceptors (Lipinski definition) is 8. The Bertz CT molecular complexity index is 1430. The normalized spacial score (nSPS) is 19.7. The molecule has 2 saturated heterocycles. The summed E-state index contributed by atoms with van der Waals surface area (Å²) in [6.45, 7) is 3.48. The highest BCUT2D eigenvalue weighted by Crippen LogP contribution is 2.53. The van der Waals surface area contributed by atoms with Crippen molar-refractivity contribution in [2.45, 2.75) is 49.8 Å². The molecule has 3 aliphatic rings. The van der Waals surface area contributed by atoms with Crippen LogP contribution in [0.5, 0.6) is 11.5 Å². The first-order valence-electron chi connectivity index (χ1n) is 13.2. The van der Waals surface area contributed by atoms with E-state index >= 15 is 0 Å². The molecule has 0 unspecified atom stereocenters. The number of halogens is 1. The SMILES string of the molecule is N#Cc1c(NSC2CCOCC2)ccc(F)c1Oc1ccc2ncn(C3CC4(CCNCC4)C3)c(=O)c2c1. The second-order valence-electron chi connectivity index (χ2n) is 10.5. The van der Waals surface area contributed by atoms with Gasteiger partial charge in [-0.2, -0.15) is 5.26 Å². The highest BCUT2D eigenvalue weighted by atomic mass is 32.2. The molecule has 0 amide bonds. The van der Waals surface area contributed by atoms with Gasteiger partial charge in [0.05, 0.1) is 22.9 Å². The zero-order valence-electron chi connectivity index (χ0n) is 21.0. The number of fused-ring (bicyclic) bond motifs is 1. The molecule has 38 heavy (non-hydrogen) atoms. The monoisotopic (exact) mass is 535 g/mol. The average Bonchev–Trinajstić information content (AvgIpc) is 2.93. The number of rotatable bonds is 6.